The first-order valence-corrected chi connectivity index (χ1v) is 6.32. The molecular weight excluding hydrogens is 228 g/mol. The van der Waals surface area contributed by atoms with Crippen molar-refractivity contribution in [3.05, 3.63) is 35.9 Å². The minimum Gasteiger partial charge on any atom is -0.367 e. The number of piperazine rings is 1. The number of hydrogen-bond donors (Lipinski definition) is 1. The molecule has 1 aliphatic rings. The van der Waals surface area contributed by atoms with Crippen LogP contribution in [0, 0.1) is 0 Å². The number of benzene rings is 1. The maximum Gasteiger partial charge on any atom is 0.256 e. The van der Waals surface area contributed by atoms with E-state index in [9.17, 15) is 4.79 Å². The number of carbonyl (C=O) groups excluding carboxylic acids is 1. The van der Waals surface area contributed by atoms with Crippen molar-refractivity contribution in [2.24, 2.45) is 0 Å². The minimum absolute atomic E-state index is 0.0528. The Balaban J connectivity index is 2.10. The molecule has 4 nitrogen and oxygen atoms in total. The normalized spacial score (nSPS) is 21.7. The summed E-state index contributed by atoms with van der Waals surface area (Å²) in [6, 6.07) is 9.99. The van der Waals surface area contributed by atoms with E-state index in [1.807, 2.05) is 35.2 Å². The first-order valence-electron chi connectivity index (χ1n) is 6.32. The van der Waals surface area contributed by atoms with Crippen molar-refractivity contribution in [1.29, 1.82) is 0 Å². The van der Waals surface area contributed by atoms with Crippen LogP contribution >= 0.6 is 0 Å². The van der Waals surface area contributed by atoms with Crippen molar-refractivity contribution in [3.8, 4) is 0 Å². The summed E-state index contributed by atoms with van der Waals surface area (Å²) in [7, 11) is 1.58. The highest BCUT2D eigenvalue weighted by Gasteiger charge is 2.28. The van der Waals surface area contributed by atoms with E-state index >= 15 is 0 Å². The maximum atomic E-state index is 12.4. The van der Waals surface area contributed by atoms with E-state index in [1.54, 1.807) is 7.11 Å². The predicted molar refractivity (Wildman–Crippen MR) is 70.2 cm³/mol. The van der Waals surface area contributed by atoms with Crippen LogP contribution in [0.5, 0.6) is 0 Å². The fraction of sp³-hybridized carbons (Fsp3) is 0.500. The van der Waals surface area contributed by atoms with E-state index in [4.69, 9.17) is 4.74 Å². The van der Waals surface area contributed by atoms with Crippen LogP contribution in [0.15, 0.2) is 30.3 Å². The van der Waals surface area contributed by atoms with Crippen LogP contribution < -0.4 is 5.32 Å². The highest BCUT2D eigenvalue weighted by Crippen LogP contribution is 2.19. The van der Waals surface area contributed by atoms with E-state index in [2.05, 4.69) is 12.2 Å². The van der Waals surface area contributed by atoms with Crippen LogP contribution in [-0.2, 0) is 9.53 Å². The quantitative estimate of drug-likeness (QED) is 0.873. The lowest BCUT2D eigenvalue weighted by atomic mass is 10.1. The van der Waals surface area contributed by atoms with Crippen LogP contribution in [-0.4, -0.2) is 43.6 Å². The molecule has 0 bridgehead atoms. The summed E-state index contributed by atoms with van der Waals surface area (Å²) in [4.78, 5) is 14.3. The summed E-state index contributed by atoms with van der Waals surface area (Å²) in [6.07, 6.45) is -0.489. The molecule has 0 aromatic heterocycles. The predicted octanol–water partition coefficient (Wildman–Crippen LogP) is 1.19. The van der Waals surface area contributed by atoms with E-state index in [0.29, 0.717) is 6.04 Å². The van der Waals surface area contributed by atoms with Gasteiger partial charge in [-0.3, -0.25) is 4.79 Å². The third-order valence-corrected chi connectivity index (χ3v) is 3.24. The molecule has 1 saturated heterocycles. The van der Waals surface area contributed by atoms with E-state index < -0.39 is 6.10 Å². The number of nitrogens with zero attached hydrogens (tertiary/aromatic N) is 1. The number of methoxy groups -OCH3 is 1. The topological polar surface area (TPSA) is 41.6 Å². The SMILES string of the molecule is CO[C@H](C(=O)N1CCN[C@H](C)C1)c1ccccc1. The van der Waals surface area contributed by atoms with E-state index in [0.717, 1.165) is 25.2 Å². The second-order valence-electron chi connectivity index (χ2n) is 4.67. The summed E-state index contributed by atoms with van der Waals surface area (Å²) in [5.74, 6) is 0.0528. The molecule has 4 heteroatoms. The Hall–Kier alpha value is -1.39. The Morgan fingerprint density at radius 1 is 1.44 bits per heavy atom. The van der Waals surface area contributed by atoms with Gasteiger partial charge < -0.3 is 15.0 Å². The first-order chi connectivity index (χ1) is 8.72. The second kappa shape index (κ2) is 5.98. The fourth-order valence-corrected chi connectivity index (χ4v) is 2.31. The molecular formula is C14H20N2O2. The van der Waals surface area contributed by atoms with Crippen molar-refractivity contribution in [2.45, 2.75) is 19.1 Å². The molecule has 0 radical (unpaired) electrons. The summed E-state index contributed by atoms with van der Waals surface area (Å²) in [5, 5.41) is 3.33. The highest BCUT2D eigenvalue weighted by molar-refractivity contribution is 5.82. The van der Waals surface area contributed by atoms with Crippen molar-refractivity contribution in [1.82, 2.24) is 10.2 Å². The summed E-state index contributed by atoms with van der Waals surface area (Å²) < 4.78 is 5.38. The van der Waals surface area contributed by atoms with Crippen LogP contribution in [0.1, 0.15) is 18.6 Å². The Labute approximate surface area is 108 Å². The number of amides is 1. The molecule has 18 heavy (non-hydrogen) atoms. The Kier molecular flexibility index (Phi) is 4.33. The molecule has 98 valence electrons. The molecule has 0 spiro atoms. The minimum atomic E-state index is -0.489. The number of rotatable bonds is 3. The third-order valence-electron chi connectivity index (χ3n) is 3.24. The zero-order chi connectivity index (χ0) is 13.0. The number of carbonyl (C=O) groups is 1. The van der Waals surface area contributed by atoms with Crippen molar-refractivity contribution in [3.63, 3.8) is 0 Å². The molecule has 0 aliphatic carbocycles. The molecule has 2 rings (SSSR count). The van der Waals surface area contributed by atoms with Gasteiger partial charge in [0.2, 0.25) is 0 Å². The summed E-state index contributed by atoms with van der Waals surface area (Å²) in [5.41, 5.74) is 0.913. The molecule has 1 N–H and O–H groups in total. The molecule has 1 aliphatic heterocycles. The van der Waals surface area contributed by atoms with Gasteiger partial charge in [-0.25, -0.2) is 0 Å². The van der Waals surface area contributed by atoms with Gasteiger partial charge in [-0.1, -0.05) is 30.3 Å². The third kappa shape index (κ3) is 2.89. The van der Waals surface area contributed by atoms with Gasteiger partial charge in [0.25, 0.3) is 5.91 Å². The average molecular weight is 248 g/mol. The van der Waals surface area contributed by atoms with Gasteiger partial charge in [-0.2, -0.15) is 0 Å². The maximum absolute atomic E-state index is 12.4. The van der Waals surface area contributed by atoms with Crippen LogP contribution in [0.25, 0.3) is 0 Å². The van der Waals surface area contributed by atoms with Gasteiger partial charge in [0.15, 0.2) is 6.10 Å². The zero-order valence-electron chi connectivity index (χ0n) is 10.9. The number of nitrogens with one attached hydrogen (secondary N) is 1. The average Bonchev–Trinajstić information content (AvgIpc) is 2.41. The largest absolute Gasteiger partial charge is 0.367 e. The van der Waals surface area contributed by atoms with Crippen LogP contribution in [0.3, 0.4) is 0 Å². The van der Waals surface area contributed by atoms with E-state index in [-0.39, 0.29) is 5.91 Å². The molecule has 1 amide bonds. The Morgan fingerprint density at radius 2 is 2.17 bits per heavy atom. The molecule has 2 atom stereocenters. The van der Waals surface area contributed by atoms with Crippen LogP contribution in [0.2, 0.25) is 0 Å². The van der Waals surface area contributed by atoms with Gasteiger partial charge in [-0.05, 0) is 12.5 Å². The van der Waals surface area contributed by atoms with Gasteiger partial charge in [0.05, 0.1) is 0 Å². The fourth-order valence-electron chi connectivity index (χ4n) is 2.31. The highest BCUT2D eigenvalue weighted by atomic mass is 16.5. The van der Waals surface area contributed by atoms with Gasteiger partial charge in [-0.15, -0.1) is 0 Å². The lowest BCUT2D eigenvalue weighted by Crippen LogP contribution is -2.52. The van der Waals surface area contributed by atoms with Gasteiger partial charge in [0, 0.05) is 32.8 Å². The molecule has 1 aromatic carbocycles. The van der Waals surface area contributed by atoms with Crippen molar-refractivity contribution < 1.29 is 9.53 Å². The first kappa shape index (κ1) is 13.1. The smallest absolute Gasteiger partial charge is 0.256 e. The van der Waals surface area contributed by atoms with Crippen LogP contribution in [0.4, 0.5) is 0 Å². The van der Waals surface area contributed by atoms with E-state index in [1.165, 1.54) is 0 Å². The molecule has 0 saturated carbocycles. The zero-order valence-corrected chi connectivity index (χ0v) is 10.9. The molecule has 0 unspecified atom stereocenters. The molecule has 1 aromatic rings. The van der Waals surface area contributed by atoms with Crippen molar-refractivity contribution in [2.75, 3.05) is 26.7 Å². The monoisotopic (exact) mass is 248 g/mol. The van der Waals surface area contributed by atoms with Gasteiger partial charge >= 0.3 is 0 Å². The standard InChI is InChI=1S/C14H20N2O2/c1-11-10-16(9-8-15-11)14(17)13(18-2)12-6-4-3-5-7-12/h3-7,11,13,15H,8-10H2,1-2H3/t11-,13+/m1/s1. The van der Waals surface area contributed by atoms with Crippen molar-refractivity contribution >= 4 is 5.91 Å². The summed E-state index contributed by atoms with van der Waals surface area (Å²) >= 11 is 0. The number of hydrogen-bond acceptors (Lipinski definition) is 3. The number of ether oxygens (including phenoxy) is 1. The summed E-state index contributed by atoms with van der Waals surface area (Å²) in [6.45, 7) is 4.42. The molecule has 1 fully saturated rings. The second-order valence-corrected chi connectivity index (χ2v) is 4.67. The lowest BCUT2D eigenvalue weighted by Gasteiger charge is -2.34. The Morgan fingerprint density at radius 3 is 2.78 bits per heavy atom. The molecule has 1 heterocycles. The lowest BCUT2D eigenvalue weighted by molar-refractivity contribution is -0.143. The Bertz CT molecular complexity index is 394. The van der Waals surface area contributed by atoms with Gasteiger partial charge in [0.1, 0.15) is 0 Å².